The fraction of sp³-hybridized carbons (Fsp3) is 0.286. The zero-order chi connectivity index (χ0) is 19.5. The van der Waals surface area contributed by atoms with E-state index in [0.717, 1.165) is 41.3 Å². The van der Waals surface area contributed by atoms with Crippen LogP contribution in [0.3, 0.4) is 0 Å². The van der Waals surface area contributed by atoms with Crippen molar-refractivity contribution >= 4 is 46.0 Å². The van der Waals surface area contributed by atoms with Crippen LogP contribution in [0.15, 0.2) is 48.5 Å². The first kappa shape index (κ1) is 18.6. The summed E-state index contributed by atoms with van der Waals surface area (Å²) in [6, 6.07) is 15.3. The van der Waals surface area contributed by atoms with Crippen LogP contribution < -0.4 is 10.2 Å². The summed E-state index contributed by atoms with van der Waals surface area (Å²) < 4.78 is 1.97. The second-order valence-corrected chi connectivity index (χ2v) is 7.65. The molecule has 0 bridgehead atoms. The van der Waals surface area contributed by atoms with Crippen molar-refractivity contribution in [2.45, 2.75) is 25.1 Å². The number of nitrogens with zero attached hydrogens (tertiary/aromatic N) is 3. The van der Waals surface area contributed by atoms with Crippen molar-refractivity contribution in [2.24, 2.45) is 0 Å². The molecule has 7 heteroatoms. The molecule has 0 unspecified atom stereocenters. The van der Waals surface area contributed by atoms with Crippen molar-refractivity contribution < 1.29 is 9.59 Å². The second-order valence-electron chi connectivity index (χ2n) is 6.78. The van der Waals surface area contributed by atoms with Crippen LogP contribution in [0.5, 0.6) is 0 Å². The van der Waals surface area contributed by atoms with Crippen molar-refractivity contribution in [1.82, 2.24) is 9.55 Å². The van der Waals surface area contributed by atoms with Crippen molar-refractivity contribution in [3.05, 3.63) is 54.4 Å². The first-order valence-electron chi connectivity index (χ1n) is 9.29. The Bertz CT molecular complexity index is 1030. The molecule has 2 amide bonds. The average molecular weight is 395 g/mol. The summed E-state index contributed by atoms with van der Waals surface area (Å²) >= 11 is 1.68. The van der Waals surface area contributed by atoms with Crippen molar-refractivity contribution in [1.29, 1.82) is 0 Å². The number of carbonyl (C=O) groups excluding carboxylic acids is 2. The SMILES string of the molecule is CSCc1nc2ccccc2n1CC(=O)Nc1cccc(N2CCCC2=O)c1. The van der Waals surface area contributed by atoms with Crippen LogP contribution in [0.25, 0.3) is 11.0 Å². The van der Waals surface area contributed by atoms with Gasteiger partial charge in [-0.15, -0.1) is 0 Å². The molecular formula is C21H22N4O2S. The smallest absolute Gasteiger partial charge is 0.244 e. The van der Waals surface area contributed by atoms with Gasteiger partial charge in [0, 0.05) is 24.3 Å². The molecule has 28 heavy (non-hydrogen) atoms. The summed E-state index contributed by atoms with van der Waals surface area (Å²) in [5.74, 6) is 1.65. The highest BCUT2D eigenvalue weighted by atomic mass is 32.2. The summed E-state index contributed by atoms with van der Waals surface area (Å²) in [5, 5.41) is 2.96. The molecule has 1 fully saturated rings. The van der Waals surface area contributed by atoms with Gasteiger partial charge in [0.1, 0.15) is 12.4 Å². The Balaban J connectivity index is 1.53. The molecule has 0 atom stereocenters. The van der Waals surface area contributed by atoms with Gasteiger partial charge in [0.05, 0.1) is 16.8 Å². The van der Waals surface area contributed by atoms with E-state index in [1.165, 1.54) is 0 Å². The Kier molecular flexibility index (Phi) is 5.34. The van der Waals surface area contributed by atoms with Gasteiger partial charge < -0.3 is 14.8 Å². The number of anilines is 2. The fourth-order valence-corrected chi connectivity index (χ4v) is 4.04. The lowest BCUT2D eigenvalue weighted by Gasteiger charge is -2.17. The number of benzene rings is 2. The van der Waals surface area contributed by atoms with Gasteiger partial charge in [0.15, 0.2) is 0 Å². The van der Waals surface area contributed by atoms with Crippen LogP contribution in [-0.4, -0.2) is 34.2 Å². The number of amides is 2. The van der Waals surface area contributed by atoms with Crippen LogP contribution in [0, 0.1) is 0 Å². The summed E-state index contributed by atoms with van der Waals surface area (Å²) in [6.45, 7) is 0.929. The molecule has 0 saturated carbocycles. The van der Waals surface area contributed by atoms with E-state index >= 15 is 0 Å². The van der Waals surface area contributed by atoms with Crippen LogP contribution >= 0.6 is 11.8 Å². The predicted octanol–water partition coefficient (Wildman–Crippen LogP) is 3.66. The third kappa shape index (κ3) is 3.75. The molecule has 3 aromatic rings. The number of imidazole rings is 1. The van der Waals surface area contributed by atoms with E-state index in [9.17, 15) is 9.59 Å². The lowest BCUT2D eigenvalue weighted by molar-refractivity contribution is -0.117. The largest absolute Gasteiger partial charge is 0.324 e. The fourth-order valence-electron chi connectivity index (χ4n) is 3.56. The van der Waals surface area contributed by atoms with Crippen molar-refractivity contribution in [2.75, 3.05) is 23.0 Å². The Labute approximate surface area is 167 Å². The lowest BCUT2D eigenvalue weighted by atomic mass is 10.2. The molecule has 1 aromatic heterocycles. The van der Waals surface area contributed by atoms with E-state index in [1.807, 2.05) is 59.4 Å². The molecule has 1 aliphatic rings. The minimum Gasteiger partial charge on any atom is -0.324 e. The van der Waals surface area contributed by atoms with Gasteiger partial charge in [-0.2, -0.15) is 11.8 Å². The normalized spacial score (nSPS) is 14.0. The number of aromatic nitrogens is 2. The van der Waals surface area contributed by atoms with Gasteiger partial charge in [-0.25, -0.2) is 4.98 Å². The molecule has 1 saturated heterocycles. The average Bonchev–Trinajstić information content (AvgIpc) is 3.26. The quantitative estimate of drug-likeness (QED) is 0.693. The van der Waals surface area contributed by atoms with Gasteiger partial charge in [0.2, 0.25) is 11.8 Å². The molecular weight excluding hydrogens is 372 g/mol. The highest BCUT2D eigenvalue weighted by molar-refractivity contribution is 7.97. The zero-order valence-electron chi connectivity index (χ0n) is 15.7. The summed E-state index contributed by atoms with van der Waals surface area (Å²) in [6.07, 6.45) is 3.48. The maximum atomic E-state index is 12.7. The van der Waals surface area contributed by atoms with E-state index in [-0.39, 0.29) is 18.4 Å². The van der Waals surface area contributed by atoms with E-state index in [0.29, 0.717) is 12.1 Å². The molecule has 0 aliphatic carbocycles. The summed E-state index contributed by atoms with van der Waals surface area (Å²) in [5.41, 5.74) is 3.38. The number of hydrogen-bond acceptors (Lipinski definition) is 4. The van der Waals surface area contributed by atoms with Crippen LogP contribution in [0.1, 0.15) is 18.7 Å². The molecule has 2 aromatic carbocycles. The topological polar surface area (TPSA) is 67.2 Å². The summed E-state index contributed by atoms with van der Waals surface area (Å²) in [4.78, 5) is 31.1. The number of nitrogens with one attached hydrogen (secondary N) is 1. The van der Waals surface area contributed by atoms with E-state index < -0.39 is 0 Å². The van der Waals surface area contributed by atoms with Gasteiger partial charge in [0.25, 0.3) is 0 Å². The molecule has 0 spiro atoms. The molecule has 0 radical (unpaired) electrons. The highest BCUT2D eigenvalue weighted by Gasteiger charge is 2.22. The third-order valence-electron chi connectivity index (χ3n) is 4.82. The number of carbonyl (C=O) groups is 2. The minimum absolute atomic E-state index is 0.115. The maximum Gasteiger partial charge on any atom is 0.244 e. The number of rotatable bonds is 6. The first-order valence-corrected chi connectivity index (χ1v) is 10.7. The molecule has 1 aliphatic heterocycles. The van der Waals surface area contributed by atoms with Crippen LogP contribution in [-0.2, 0) is 21.9 Å². The number of fused-ring (bicyclic) bond motifs is 1. The third-order valence-corrected chi connectivity index (χ3v) is 5.37. The molecule has 6 nitrogen and oxygen atoms in total. The van der Waals surface area contributed by atoms with Gasteiger partial charge in [-0.3, -0.25) is 9.59 Å². The second kappa shape index (κ2) is 8.06. The van der Waals surface area contributed by atoms with E-state index in [1.54, 1.807) is 16.7 Å². The van der Waals surface area contributed by atoms with Gasteiger partial charge in [-0.1, -0.05) is 18.2 Å². The van der Waals surface area contributed by atoms with Crippen molar-refractivity contribution in [3.63, 3.8) is 0 Å². The Morgan fingerprint density at radius 1 is 1.21 bits per heavy atom. The van der Waals surface area contributed by atoms with Crippen LogP contribution in [0.4, 0.5) is 11.4 Å². The van der Waals surface area contributed by atoms with Gasteiger partial charge in [-0.05, 0) is 43.0 Å². The number of hydrogen-bond donors (Lipinski definition) is 1. The Hall–Kier alpha value is -2.80. The molecule has 4 rings (SSSR count). The lowest BCUT2D eigenvalue weighted by Crippen LogP contribution is -2.24. The van der Waals surface area contributed by atoms with Crippen LogP contribution in [0.2, 0.25) is 0 Å². The first-order chi connectivity index (χ1) is 13.7. The molecule has 144 valence electrons. The minimum atomic E-state index is -0.115. The monoisotopic (exact) mass is 394 g/mol. The number of para-hydroxylation sites is 2. The number of thioether (sulfide) groups is 1. The maximum absolute atomic E-state index is 12.7. The molecule has 1 N–H and O–H groups in total. The Morgan fingerprint density at radius 2 is 2.07 bits per heavy atom. The zero-order valence-corrected chi connectivity index (χ0v) is 16.5. The van der Waals surface area contributed by atoms with E-state index in [4.69, 9.17) is 0 Å². The van der Waals surface area contributed by atoms with Crippen molar-refractivity contribution in [3.8, 4) is 0 Å². The predicted molar refractivity (Wildman–Crippen MR) is 114 cm³/mol. The Morgan fingerprint density at radius 3 is 2.86 bits per heavy atom. The molecule has 2 heterocycles. The van der Waals surface area contributed by atoms with Gasteiger partial charge >= 0.3 is 0 Å². The van der Waals surface area contributed by atoms with E-state index in [2.05, 4.69) is 10.3 Å². The highest BCUT2D eigenvalue weighted by Crippen LogP contribution is 2.24. The standard InChI is InChI=1S/C21H22N4O2S/c1-28-14-19-23-17-8-2-3-9-18(17)25(19)13-20(26)22-15-6-4-7-16(12-15)24-11-5-10-21(24)27/h2-4,6-9,12H,5,10-11,13-14H2,1H3,(H,22,26). The summed E-state index contributed by atoms with van der Waals surface area (Å²) in [7, 11) is 0.